The lowest BCUT2D eigenvalue weighted by Gasteiger charge is -2.36. The van der Waals surface area contributed by atoms with Gasteiger partial charge in [-0.1, -0.05) is 25.4 Å². The topological polar surface area (TPSA) is 80.3 Å². The normalized spacial score (nSPS) is 19.7. The van der Waals surface area contributed by atoms with Crippen molar-refractivity contribution in [2.24, 2.45) is 10.9 Å². The molecule has 1 aromatic rings. The Bertz CT molecular complexity index is 790. The minimum Gasteiger partial charge on any atom is -0.368 e. The number of benzene rings is 1. The molecule has 2 aliphatic heterocycles. The monoisotopic (exact) mass is 448 g/mol. The van der Waals surface area contributed by atoms with Crippen LogP contribution in [0.2, 0.25) is 5.02 Å². The summed E-state index contributed by atoms with van der Waals surface area (Å²) in [5, 5.41) is 7.19. The van der Waals surface area contributed by atoms with Crippen LogP contribution in [0.4, 0.5) is 5.69 Å². The van der Waals surface area contributed by atoms with E-state index in [1.165, 1.54) is 0 Å². The molecule has 3 rings (SSSR count). The maximum atomic E-state index is 12.7. The molecule has 2 N–H and O–H groups in total. The summed E-state index contributed by atoms with van der Waals surface area (Å²) in [7, 11) is 1.69. The molecule has 2 fully saturated rings. The second-order valence-electron chi connectivity index (χ2n) is 8.34. The maximum absolute atomic E-state index is 12.7. The zero-order chi connectivity index (χ0) is 22.4. The van der Waals surface area contributed by atoms with Crippen LogP contribution in [0.25, 0.3) is 0 Å². The molecular formula is C22H33ClN6O2. The number of carbonyl (C=O) groups excluding carboxylic acids is 2. The molecule has 0 aliphatic carbocycles. The molecule has 2 amide bonds. The summed E-state index contributed by atoms with van der Waals surface area (Å²) >= 11 is 5.96. The van der Waals surface area contributed by atoms with Crippen molar-refractivity contribution in [2.75, 3.05) is 57.8 Å². The quantitative estimate of drug-likeness (QED) is 0.526. The standard InChI is InChI=1S/C22H33ClN6O2/c1-16(2)21(31)29-9-8-18(15-29)26-22(24-3)25-14-20(30)28-12-10-27(11-13-28)19-6-4-17(23)5-7-19/h4-7,16,18H,8-15H2,1-3H3,(H2,24,25,26). The van der Waals surface area contributed by atoms with Crippen molar-refractivity contribution < 1.29 is 9.59 Å². The molecule has 9 heteroatoms. The molecular weight excluding hydrogens is 416 g/mol. The first-order valence-corrected chi connectivity index (χ1v) is 11.3. The van der Waals surface area contributed by atoms with Crippen LogP contribution in [0.5, 0.6) is 0 Å². The number of nitrogens with one attached hydrogen (secondary N) is 2. The summed E-state index contributed by atoms with van der Waals surface area (Å²) in [6.07, 6.45) is 0.875. The van der Waals surface area contributed by atoms with Crippen molar-refractivity contribution in [1.82, 2.24) is 20.4 Å². The van der Waals surface area contributed by atoms with Crippen LogP contribution in [0, 0.1) is 5.92 Å². The number of piperazine rings is 1. The fraction of sp³-hybridized carbons (Fsp3) is 0.591. The molecule has 2 aliphatic rings. The Labute approximate surface area is 189 Å². The lowest BCUT2D eigenvalue weighted by atomic mass is 10.2. The van der Waals surface area contributed by atoms with Crippen molar-refractivity contribution in [3.63, 3.8) is 0 Å². The third-order valence-electron chi connectivity index (χ3n) is 5.79. The van der Waals surface area contributed by atoms with E-state index in [-0.39, 0.29) is 30.3 Å². The summed E-state index contributed by atoms with van der Waals surface area (Å²) in [5.74, 6) is 0.841. The van der Waals surface area contributed by atoms with Crippen LogP contribution in [-0.4, -0.2) is 86.5 Å². The van der Waals surface area contributed by atoms with Crippen molar-refractivity contribution >= 4 is 35.1 Å². The van der Waals surface area contributed by atoms with Crippen molar-refractivity contribution in [3.05, 3.63) is 29.3 Å². The predicted octanol–water partition coefficient (Wildman–Crippen LogP) is 1.41. The van der Waals surface area contributed by atoms with Crippen LogP contribution in [-0.2, 0) is 9.59 Å². The Morgan fingerprint density at radius 1 is 1.10 bits per heavy atom. The van der Waals surface area contributed by atoms with Gasteiger partial charge in [0.2, 0.25) is 11.8 Å². The van der Waals surface area contributed by atoms with E-state index >= 15 is 0 Å². The first-order chi connectivity index (χ1) is 14.9. The summed E-state index contributed by atoms with van der Waals surface area (Å²) in [6.45, 7) is 8.41. The lowest BCUT2D eigenvalue weighted by Crippen LogP contribution is -2.53. The van der Waals surface area contributed by atoms with Crippen LogP contribution in [0.1, 0.15) is 20.3 Å². The van der Waals surface area contributed by atoms with Crippen molar-refractivity contribution in [3.8, 4) is 0 Å². The van der Waals surface area contributed by atoms with E-state index in [4.69, 9.17) is 11.6 Å². The van der Waals surface area contributed by atoms with E-state index in [1.807, 2.05) is 47.9 Å². The van der Waals surface area contributed by atoms with Gasteiger partial charge in [0.25, 0.3) is 0 Å². The van der Waals surface area contributed by atoms with Crippen molar-refractivity contribution in [2.45, 2.75) is 26.3 Å². The Hall–Kier alpha value is -2.48. The Balaban J connectivity index is 1.40. The minimum atomic E-state index is 0.00830. The second kappa shape index (κ2) is 10.7. The molecule has 0 bridgehead atoms. The Kier molecular flexibility index (Phi) is 8.01. The van der Waals surface area contributed by atoms with Crippen LogP contribution in [0.3, 0.4) is 0 Å². The molecule has 1 unspecified atom stereocenters. The summed E-state index contributed by atoms with van der Waals surface area (Å²) in [5.41, 5.74) is 1.13. The third kappa shape index (κ3) is 6.26. The minimum absolute atomic E-state index is 0.00830. The van der Waals surface area contributed by atoms with Gasteiger partial charge in [0.15, 0.2) is 5.96 Å². The highest BCUT2D eigenvalue weighted by molar-refractivity contribution is 6.30. The Morgan fingerprint density at radius 2 is 1.77 bits per heavy atom. The van der Waals surface area contributed by atoms with E-state index in [0.717, 1.165) is 36.8 Å². The smallest absolute Gasteiger partial charge is 0.242 e. The molecule has 1 atom stereocenters. The number of guanidine groups is 1. The van der Waals surface area contributed by atoms with E-state index in [1.54, 1.807) is 7.05 Å². The van der Waals surface area contributed by atoms with Gasteiger partial charge in [0, 0.05) is 69.0 Å². The zero-order valence-corrected chi connectivity index (χ0v) is 19.4. The van der Waals surface area contributed by atoms with Gasteiger partial charge in [-0.15, -0.1) is 0 Å². The molecule has 1 aromatic carbocycles. The summed E-state index contributed by atoms with van der Waals surface area (Å²) < 4.78 is 0. The average Bonchev–Trinajstić information content (AvgIpc) is 3.24. The number of halogens is 1. The number of aliphatic imine (C=N–C) groups is 1. The zero-order valence-electron chi connectivity index (χ0n) is 18.6. The van der Waals surface area contributed by atoms with Crippen LogP contribution < -0.4 is 15.5 Å². The van der Waals surface area contributed by atoms with Gasteiger partial charge < -0.3 is 25.3 Å². The predicted molar refractivity (Wildman–Crippen MR) is 125 cm³/mol. The molecule has 2 heterocycles. The number of amides is 2. The number of rotatable bonds is 5. The van der Waals surface area contributed by atoms with Gasteiger partial charge in [0.05, 0.1) is 6.54 Å². The first-order valence-electron chi connectivity index (χ1n) is 10.9. The molecule has 2 saturated heterocycles. The highest BCUT2D eigenvalue weighted by Gasteiger charge is 2.28. The first kappa shape index (κ1) is 23.2. The van der Waals surface area contributed by atoms with Crippen LogP contribution in [0.15, 0.2) is 29.3 Å². The maximum Gasteiger partial charge on any atom is 0.242 e. The lowest BCUT2D eigenvalue weighted by molar-refractivity contribution is -0.133. The van der Waals surface area contributed by atoms with Gasteiger partial charge >= 0.3 is 0 Å². The van der Waals surface area contributed by atoms with Gasteiger partial charge in [-0.25, -0.2) is 0 Å². The van der Waals surface area contributed by atoms with E-state index in [0.29, 0.717) is 25.6 Å². The van der Waals surface area contributed by atoms with E-state index < -0.39 is 0 Å². The van der Waals surface area contributed by atoms with Crippen molar-refractivity contribution in [1.29, 1.82) is 0 Å². The molecule has 0 saturated carbocycles. The molecule has 0 radical (unpaired) electrons. The number of nitrogens with zero attached hydrogens (tertiary/aromatic N) is 4. The SMILES string of the molecule is CN=C(NCC(=O)N1CCN(c2ccc(Cl)cc2)CC1)NC1CCN(C(=O)C(C)C)C1. The second-order valence-corrected chi connectivity index (χ2v) is 8.78. The highest BCUT2D eigenvalue weighted by Crippen LogP contribution is 2.19. The summed E-state index contributed by atoms with van der Waals surface area (Å²) in [4.78, 5) is 35.1. The molecule has 0 aromatic heterocycles. The fourth-order valence-electron chi connectivity index (χ4n) is 3.97. The van der Waals surface area contributed by atoms with Gasteiger partial charge in [-0.2, -0.15) is 0 Å². The van der Waals surface area contributed by atoms with Crippen LogP contribution >= 0.6 is 11.6 Å². The largest absolute Gasteiger partial charge is 0.368 e. The molecule has 170 valence electrons. The molecule has 31 heavy (non-hydrogen) atoms. The number of likely N-dealkylation sites (tertiary alicyclic amines) is 1. The highest BCUT2D eigenvalue weighted by atomic mass is 35.5. The van der Waals surface area contributed by atoms with Gasteiger partial charge in [0.1, 0.15) is 0 Å². The molecule has 0 spiro atoms. The number of anilines is 1. The Morgan fingerprint density at radius 3 is 2.39 bits per heavy atom. The van der Waals surface area contributed by atoms with E-state index in [2.05, 4.69) is 20.5 Å². The average molecular weight is 449 g/mol. The molecule has 8 nitrogen and oxygen atoms in total. The number of carbonyl (C=O) groups is 2. The number of hydrogen-bond donors (Lipinski definition) is 2. The van der Waals surface area contributed by atoms with E-state index in [9.17, 15) is 9.59 Å². The number of hydrogen-bond acceptors (Lipinski definition) is 4. The van der Waals surface area contributed by atoms with Gasteiger partial charge in [-0.3, -0.25) is 14.6 Å². The fourth-order valence-corrected chi connectivity index (χ4v) is 4.09. The summed E-state index contributed by atoms with van der Waals surface area (Å²) in [6, 6.07) is 7.94. The third-order valence-corrected chi connectivity index (χ3v) is 6.04. The van der Waals surface area contributed by atoms with Gasteiger partial charge in [-0.05, 0) is 30.7 Å².